The van der Waals surface area contributed by atoms with Crippen LogP contribution in [0.1, 0.15) is 35.9 Å². The summed E-state index contributed by atoms with van der Waals surface area (Å²) < 4.78 is 6.96. The van der Waals surface area contributed by atoms with Gasteiger partial charge in [-0.15, -0.1) is 11.3 Å². The summed E-state index contributed by atoms with van der Waals surface area (Å²) >= 11 is 5.41. The first-order valence-corrected chi connectivity index (χ1v) is 8.54. The Labute approximate surface area is 133 Å². The van der Waals surface area contributed by atoms with Crippen molar-refractivity contribution in [2.75, 3.05) is 13.2 Å². The minimum absolute atomic E-state index is 0.163. The van der Waals surface area contributed by atoms with E-state index < -0.39 is 0 Å². The highest BCUT2D eigenvalue weighted by Crippen LogP contribution is 2.37. The van der Waals surface area contributed by atoms with Gasteiger partial charge in [-0.25, -0.2) is 0 Å². The van der Waals surface area contributed by atoms with E-state index in [9.17, 15) is 0 Å². The van der Waals surface area contributed by atoms with Crippen LogP contribution in [0.2, 0.25) is 0 Å². The molecule has 1 aromatic heterocycles. The van der Waals surface area contributed by atoms with Crippen molar-refractivity contribution in [1.82, 2.24) is 5.32 Å². The molecule has 0 aliphatic heterocycles. The van der Waals surface area contributed by atoms with E-state index in [1.807, 2.05) is 6.92 Å². The summed E-state index contributed by atoms with van der Waals surface area (Å²) in [5.41, 5.74) is 2.45. The van der Waals surface area contributed by atoms with Crippen LogP contribution in [0.3, 0.4) is 0 Å². The summed E-state index contributed by atoms with van der Waals surface area (Å²) in [4.78, 5) is 1.29. The van der Waals surface area contributed by atoms with Crippen LogP contribution in [0.5, 0.6) is 5.75 Å². The van der Waals surface area contributed by atoms with Crippen LogP contribution in [0.15, 0.2) is 34.1 Å². The van der Waals surface area contributed by atoms with Gasteiger partial charge in [0.25, 0.3) is 0 Å². The number of rotatable bonds is 6. The molecule has 4 heteroatoms. The zero-order chi connectivity index (χ0) is 14.5. The number of benzene rings is 1. The molecule has 2 rings (SSSR count). The second-order valence-electron chi connectivity index (χ2n) is 4.60. The maximum atomic E-state index is 5.81. The second-order valence-corrected chi connectivity index (χ2v) is 6.40. The van der Waals surface area contributed by atoms with Gasteiger partial charge in [0.2, 0.25) is 0 Å². The molecule has 1 unspecified atom stereocenters. The zero-order valence-electron chi connectivity index (χ0n) is 12.1. The molecule has 0 aliphatic rings. The van der Waals surface area contributed by atoms with Crippen LogP contribution >= 0.6 is 27.3 Å². The smallest absolute Gasteiger partial charge is 0.124 e. The van der Waals surface area contributed by atoms with Crippen molar-refractivity contribution in [1.29, 1.82) is 0 Å². The molecule has 1 atom stereocenters. The third-order valence-corrected chi connectivity index (χ3v) is 5.03. The van der Waals surface area contributed by atoms with Crippen molar-refractivity contribution < 1.29 is 4.74 Å². The summed E-state index contributed by atoms with van der Waals surface area (Å²) in [6.45, 7) is 7.86. The van der Waals surface area contributed by atoms with E-state index in [1.165, 1.54) is 16.0 Å². The Balaban J connectivity index is 2.48. The molecular formula is C16H20BrNOS. The van der Waals surface area contributed by atoms with Gasteiger partial charge in [-0.05, 0) is 53.8 Å². The van der Waals surface area contributed by atoms with Crippen molar-refractivity contribution >= 4 is 27.3 Å². The molecule has 0 spiro atoms. The van der Waals surface area contributed by atoms with E-state index in [0.717, 1.165) is 16.8 Å². The molecule has 0 saturated carbocycles. The maximum absolute atomic E-state index is 5.81. The summed E-state index contributed by atoms with van der Waals surface area (Å²) in [5, 5.41) is 5.68. The Morgan fingerprint density at radius 1 is 1.30 bits per heavy atom. The first-order valence-electron chi connectivity index (χ1n) is 6.87. The van der Waals surface area contributed by atoms with Gasteiger partial charge < -0.3 is 10.1 Å². The van der Waals surface area contributed by atoms with Gasteiger partial charge in [-0.2, -0.15) is 0 Å². The minimum atomic E-state index is 0.163. The van der Waals surface area contributed by atoms with Gasteiger partial charge in [-0.1, -0.05) is 24.6 Å². The van der Waals surface area contributed by atoms with Crippen molar-refractivity contribution in [3.8, 4) is 5.75 Å². The molecule has 0 bridgehead atoms. The largest absolute Gasteiger partial charge is 0.494 e. The van der Waals surface area contributed by atoms with E-state index in [1.54, 1.807) is 11.3 Å². The fourth-order valence-electron chi connectivity index (χ4n) is 2.24. The number of aryl methyl sites for hydroxylation is 1. The lowest BCUT2D eigenvalue weighted by atomic mass is 10.0. The quantitative estimate of drug-likeness (QED) is 0.795. The lowest BCUT2D eigenvalue weighted by Crippen LogP contribution is -2.22. The van der Waals surface area contributed by atoms with Crippen molar-refractivity contribution in [2.24, 2.45) is 0 Å². The number of thiophene rings is 1. The zero-order valence-corrected chi connectivity index (χ0v) is 14.5. The number of nitrogens with one attached hydrogen (secondary N) is 1. The summed E-state index contributed by atoms with van der Waals surface area (Å²) in [6, 6.07) is 8.64. The molecule has 108 valence electrons. The fourth-order valence-corrected chi connectivity index (χ4v) is 3.93. The SMILES string of the molecule is CCNC(c1cc(C)ccc1OCC)c1sccc1Br. The summed E-state index contributed by atoms with van der Waals surface area (Å²) in [7, 11) is 0. The Morgan fingerprint density at radius 2 is 2.10 bits per heavy atom. The van der Waals surface area contributed by atoms with Crippen LogP contribution in [0.25, 0.3) is 0 Å². The highest BCUT2D eigenvalue weighted by Gasteiger charge is 2.21. The van der Waals surface area contributed by atoms with Crippen LogP contribution < -0.4 is 10.1 Å². The summed E-state index contributed by atoms with van der Waals surface area (Å²) in [5.74, 6) is 0.962. The fraction of sp³-hybridized carbons (Fsp3) is 0.375. The topological polar surface area (TPSA) is 21.3 Å². The van der Waals surface area contributed by atoms with Gasteiger partial charge in [0.05, 0.1) is 12.6 Å². The number of halogens is 1. The highest BCUT2D eigenvalue weighted by atomic mass is 79.9. The Kier molecular flexibility index (Phi) is 5.64. The Hall–Kier alpha value is -0.840. The number of hydrogen-bond acceptors (Lipinski definition) is 3. The maximum Gasteiger partial charge on any atom is 0.124 e. The molecule has 0 saturated heterocycles. The van der Waals surface area contributed by atoms with E-state index in [4.69, 9.17) is 4.74 Å². The molecule has 1 N–H and O–H groups in total. The number of hydrogen-bond donors (Lipinski definition) is 1. The van der Waals surface area contributed by atoms with Crippen LogP contribution in [0.4, 0.5) is 0 Å². The molecule has 1 heterocycles. The predicted octanol–water partition coefficient (Wildman–Crippen LogP) is 4.92. The van der Waals surface area contributed by atoms with E-state index in [2.05, 4.69) is 64.7 Å². The van der Waals surface area contributed by atoms with Gasteiger partial charge in [0, 0.05) is 14.9 Å². The second kappa shape index (κ2) is 7.25. The van der Waals surface area contributed by atoms with Gasteiger partial charge in [0.1, 0.15) is 5.75 Å². The third-order valence-electron chi connectivity index (χ3n) is 3.09. The Bertz CT molecular complexity index is 567. The highest BCUT2D eigenvalue weighted by molar-refractivity contribution is 9.10. The summed E-state index contributed by atoms with van der Waals surface area (Å²) in [6.07, 6.45) is 0. The van der Waals surface area contributed by atoms with Crippen LogP contribution in [0, 0.1) is 6.92 Å². The van der Waals surface area contributed by atoms with Crippen molar-refractivity contribution in [3.05, 3.63) is 50.1 Å². The molecular weight excluding hydrogens is 334 g/mol. The van der Waals surface area contributed by atoms with E-state index in [0.29, 0.717) is 6.61 Å². The Morgan fingerprint density at radius 3 is 2.70 bits per heavy atom. The molecule has 0 amide bonds. The first kappa shape index (κ1) is 15.5. The van der Waals surface area contributed by atoms with Crippen molar-refractivity contribution in [3.63, 3.8) is 0 Å². The lowest BCUT2D eigenvalue weighted by Gasteiger charge is -2.21. The molecule has 0 fully saturated rings. The van der Waals surface area contributed by atoms with E-state index >= 15 is 0 Å². The molecule has 2 nitrogen and oxygen atoms in total. The molecule has 1 aromatic carbocycles. The standard InChI is InChI=1S/C16H20BrNOS/c1-4-18-15(16-13(17)8-9-20-16)12-10-11(3)6-7-14(12)19-5-2/h6-10,15,18H,4-5H2,1-3H3. The van der Waals surface area contributed by atoms with Gasteiger partial charge in [-0.3, -0.25) is 0 Å². The van der Waals surface area contributed by atoms with Crippen LogP contribution in [-0.2, 0) is 0 Å². The third kappa shape index (κ3) is 3.43. The first-order chi connectivity index (χ1) is 9.67. The average molecular weight is 354 g/mol. The minimum Gasteiger partial charge on any atom is -0.494 e. The van der Waals surface area contributed by atoms with Gasteiger partial charge in [0.15, 0.2) is 0 Å². The number of ether oxygens (including phenoxy) is 1. The molecule has 20 heavy (non-hydrogen) atoms. The lowest BCUT2D eigenvalue weighted by molar-refractivity contribution is 0.333. The molecule has 2 aromatic rings. The van der Waals surface area contributed by atoms with Crippen molar-refractivity contribution in [2.45, 2.75) is 26.8 Å². The van der Waals surface area contributed by atoms with Gasteiger partial charge >= 0.3 is 0 Å². The average Bonchev–Trinajstić information content (AvgIpc) is 2.85. The van der Waals surface area contributed by atoms with E-state index in [-0.39, 0.29) is 6.04 Å². The normalized spacial score (nSPS) is 12.4. The monoisotopic (exact) mass is 353 g/mol. The van der Waals surface area contributed by atoms with Crippen LogP contribution in [-0.4, -0.2) is 13.2 Å². The predicted molar refractivity (Wildman–Crippen MR) is 89.9 cm³/mol. The molecule has 0 radical (unpaired) electrons. The molecule has 0 aliphatic carbocycles.